The van der Waals surface area contributed by atoms with Crippen LogP contribution in [0.25, 0.3) is 0 Å². The van der Waals surface area contributed by atoms with Gasteiger partial charge in [0, 0.05) is 15.0 Å². The van der Waals surface area contributed by atoms with Crippen LogP contribution in [-0.4, -0.2) is 7.05 Å². The van der Waals surface area contributed by atoms with Crippen molar-refractivity contribution in [1.82, 2.24) is 5.32 Å². The molecule has 88 valence electrons. The Bertz CT molecular complexity index is 438. The number of nitrogens with one attached hydrogen (secondary N) is 1. The highest BCUT2D eigenvalue weighted by Crippen LogP contribution is 2.51. The van der Waals surface area contributed by atoms with Gasteiger partial charge in [-0.1, -0.05) is 45.7 Å². The van der Waals surface area contributed by atoms with Gasteiger partial charge in [-0.15, -0.1) is 0 Å². The molecule has 1 aliphatic carbocycles. The fourth-order valence-electron chi connectivity index (χ4n) is 2.75. The molecule has 0 heterocycles. The molecule has 0 saturated heterocycles. The predicted molar refractivity (Wildman–Crippen MR) is 76.0 cm³/mol. The largest absolute Gasteiger partial charge is 0.313 e. The molecule has 0 bridgehead atoms. The first-order chi connectivity index (χ1) is 7.38. The first-order valence-corrected chi connectivity index (χ1v) is 7.13. The fraction of sp³-hybridized carbons (Fsp3) is 0.538. The van der Waals surface area contributed by atoms with Crippen LogP contribution in [0.4, 0.5) is 0 Å². The minimum atomic E-state index is 0.234. The minimum absolute atomic E-state index is 0.234. The van der Waals surface area contributed by atoms with Crippen LogP contribution in [-0.2, 0) is 5.41 Å². The SMILES string of the molecule is CNC1CC(C)(C)c2c(Br)cc(C)c(Br)c21. The van der Waals surface area contributed by atoms with Crippen LogP contribution in [0, 0.1) is 6.92 Å². The molecule has 0 radical (unpaired) electrons. The Kier molecular flexibility index (Phi) is 3.23. The van der Waals surface area contributed by atoms with Crippen LogP contribution in [0.3, 0.4) is 0 Å². The van der Waals surface area contributed by atoms with Crippen molar-refractivity contribution in [1.29, 1.82) is 0 Å². The summed E-state index contributed by atoms with van der Waals surface area (Å²) in [6.07, 6.45) is 1.15. The Morgan fingerprint density at radius 3 is 2.56 bits per heavy atom. The molecular weight excluding hydrogens is 330 g/mol. The van der Waals surface area contributed by atoms with E-state index in [1.165, 1.54) is 25.6 Å². The molecule has 0 aromatic heterocycles. The summed E-state index contributed by atoms with van der Waals surface area (Å²) in [7, 11) is 2.04. The number of halogens is 2. The van der Waals surface area contributed by atoms with Crippen LogP contribution < -0.4 is 5.32 Å². The molecule has 1 unspecified atom stereocenters. The number of fused-ring (bicyclic) bond motifs is 1. The highest BCUT2D eigenvalue weighted by Gasteiger charge is 2.39. The maximum atomic E-state index is 3.74. The highest BCUT2D eigenvalue weighted by atomic mass is 79.9. The molecule has 2 rings (SSSR count). The van der Waals surface area contributed by atoms with Gasteiger partial charge in [0.2, 0.25) is 0 Å². The molecule has 0 saturated carbocycles. The third-order valence-corrected chi connectivity index (χ3v) is 5.20. The molecule has 0 aliphatic heterocycles. The van der Waals surface area contributed by atoms with Gasteiger partial charge in [-0.3, -0.25) is 0 Å². The van der Waals surface area contributed by atoms with Gasteiger partial charge in [-0.25, -0.2) is 0 Å². The van der Waals surface area contributed by atoms with E-state index in [1.54, 1.807) is 0 Å². The first-order valence-electron chi connectivity index (χ1n) is 5.54. The fourth-order valence-corrected chi connectivity index (χ4v) is 4.43. The van der Waals surface area contributed by atoms with Crippen molar-refractivity contribution < 1.29 is 0 Å². The van der Waals surface area contributed by atoms with Crippen molar-refractivity contribution in [2.75, 3.05) is 7.05 Å². The van der Waals surface area contributed by atoms with E-state index in [4.69, 9.17) is 0 Å². The van der Waals surface area contributed by atoms with E-state index >= 15 is 0 Å². The number of rotatable bonds is 1. The Morgan fingerprint density at radius 2 is 2.00 bits per heavy atom. The van der Waals surface area contributed by atoms with Gasteiger partial charge in [-0.2, -0.15) is 0 Å². The van der Waals surface area contributed by atoms with E-state index in [1.807, 2.05) is 7.05 Å². The van der Waals surface area contributed by atoms with Gasteiger partial charge in [0.25, 0.3) is 0 Å². The van der Waals surface area contributed by atoms with E-state index in [2.05, 4.69) is 64.0 Å². The zero-order chi connectivity index (χ0) is 12.1. The van der Waals surface area contributed by atoms with E-state index in [0.717, 1.165) is 6.42 Å². The Morgan fingerprint density at radius 1 is 1.38 bits per heavy atom. The van der Waals surface area contributed by atoms with Gasteiger partial charge < -0.3 is 5.32 Å². The lowest BCUT2D eigenvalue weighted by Crippen LogP contribution is -2.17. The second kappa shape index (κ2) is 4.11. The first kappa shape index (κ1) is 12.6. The van der Waals surface area contributed by atoms with Crippen LogP contribution in [0.5, 0.6) is 0 Å². The summed E-state index contributed by atoms with van der Waals surface area (Å²) in [4.78, 5) is 0. The number of benzene rings is 1. The molecule has 1 aromatic carbocycles. The Hall–Kier alpha value is 0.140. The molecule has 1 atom stereocenters. The summed E-state index contributed by atoms with van der Waals surface area (Å²) in [5.41, 5.74) is 4.41. The smallest absolute Gasteiger partial charge is 0.0340 e. The van der Waals surface area contributed by atoms with Crippen LogP contribution >= 0.6 is 31.9 Å². The molecule has 1 N–H and O–H groups in total. The summed E-state index contributed by atoms with van der Waals surface area (Å²) in [6, 6.07) is 2.67. The van der Waals surface area contributed by atoms with Crippen LogP contribution in [0.1, 0.15) is 43.0 Å². The third-order valence-electron chi connectivity index (χ3n) is 3.52. The second-order valence-electron chi connectivity index (χ2n) is 5.21. The topological polar surface area (TPSA) is 12.0 Å². The van der Waals surface area contributed by atoms with Crippen molar-refractivity contribution >= 4 is 31.9 Å². The molecular formula is C13H17Br2N. The van der Waals surface area contributed by atoms with Crippen molar-refractivity contribution in [3.05, 3.63) is 31.7 Å². The normalized spacial score (nSPS) is 22.2. The van der Waals surface area contributed by atoms with Gasteiger partial charge in [-0.05, 0) is 48.6 Å². The second-order valence-corrected chi connectivity index (χ2v) is 6.85. The van der Waals surface area contributed by atoms with Crippen molar-refractivity contribution in [3.63, 3.8) is 0 Å². The monoisotopic (exact) mass is 345 g/mol. The number of hydrogen-bond donors (Lipinski definition) is 1. The van der Waals surface area contributed by atoms with Crippen LogP contribution in [0.2, 0.25) is 0 Å². The van der Waals surface area contributed by atoms with Gasteiger partial charge in [0.15, 0.2) is 0 Å². The number of hydrogen-bond acceptors (Lipinski definition) is 1. The quantitative estimate of drug-likeness (QED) is 0.791. The maximum absolute atomic E-state index is 3.74. The van der Waals surface area contributed by atoms with Crippen LogP contribution in [0.15, 0.2) is 15.0 Å². The zero-order valence-corrected chi connectivity index (χ0v) is 13.3. The Labute approximate surface area is 114 Å². The van der Waals surface area contributed by atoms with E-state index in [0.29, 0.717) is 6.04 Å². The third kappa shape index (κ3) is 1.77. The molecule has 1 nitrogen and oxygen atoms in total. The lowest BCUT2D eigenvalue weighted by atomic mass is 9.86. The summed E-state index contributed by atoms with van der Waals surface area (Å²) in [5.74, 6) is 0. The van der Waals surface area contributed by atoms with Gasteiger partial charge in [0.1, 0.15) is 0 Å². The Balaban J connectivity index is 2.74. The molecule has 0 amide bonds. The van der Waals surface area contributed by atoms with E-state index < -0.39 is 0 Å². The molecule has 3 heteroatoms. The number of aryl methyl sites for hydroxylation is 1. The lowest BCUT2D eigenvalue weighted by molar-refractivity contribution is 0.446. The lowest BCUT2D eigenvalue weighted by Gasteiger charge is -2.21. The zero-order valence-electron chi connectivity index (χ0n) is 10.1. The average Bonchev–Trinajstić information content (AvgIpc) is 2.46. The van der Waals surface area contributed by atoms with E-state index in [9.17, 15) is 0 Å². The average molecular weight is 347 g/mol. The van der Waals surface area contributed by atoms with Crippen molar-refractivity contribution in [2.24, 2.45) is 0 Å². The van der Waals surface area contributed by atoms with Crippen molar-refractivity contribution in [2.45, 2.75) is 38.6 Å². The summed E-state index contributed by atoms with van der Waals surface area (Å²) >= 11 is 7.45. The van der Waals surface area contributed by atoms with Gasteiger partial charge >= 0.3 is 0 Å². The van der Waals surface area contributed by atoms with E-state index in [-0.39, 0.29) is 5.41 Å². The van der Waals surface area contributed by atoms with Gasteiger partial charge in [0.05, 0.1) is 0 Å². The summed E-state index contributed by atoms with van der Waals surface area (Å²) in [5, 5.41) is 3.42. The maximum Gasteiger partial charge on any atom is 0.0340 e. The highest BCUT2D eigenvalue weighted by molar-refractivity contribution is 9.11. The van der Waals surface area contributed by atoms with Crippen molar-refractivity contribution in [3.8, 4) is 0 Å². The molecule has 16 heavy (non-hydrogen) atoms. The minimum Gasteiger partial charge on any atom is -0.313 e. The standard InChI is InChI=1S/C13H17Br2N/c1-7-5-8(14)11-10(12(7)15)9(16-4)6-13(11,2)3/h5,9,16H,6H2,1-4H3. The molecule has 1 aliphatic rings. The molecule has 0 spiro atoms. The summed E-state index contributed by atoms with van der Waals surface area (Å²) < 4.78 is 2.50. The molecule has 1 aromatic rings. The summed E-state index contributed by atoms with van der Waals surface area (Å²) in [6.45, 7) is 6.78. The molecule has 0 fully saturated rings. The predicted octanol–water partition coefficient (Wildman–Crippen LogP) is 4.46.